The number of unbranched alkanes of at least 4 members (excludes halogenated alkanes) is 3. The Morgan fingerprint density at radius 1 is 1.38 bits per heavy atom. The molecule has 0 aromatic heterocycles. The molecule has 2 N–H and O–H groups in total. The van der Waals surface area contributed by atoms with Crippen molar-refractivity contribution in [3.63, 3.8) is 0 Å². The zero-order valence-corrected chi connectivity index (χ0v) is 10.7. The summed E-state index contributed by atoms with van der Waals surface area (Å²) in [7, 11) is 0. The average Bonchev–Trinajstić information content (AvgIpc) is 2.29. The molecule has 1 rings (SSSR count). The van der Waals surface area contributed by atoms with E-state index in [9.17, 15) is 4.79 Å². The van der Waals surface area contributed by atoms with Crippen LogP contribution in [0, 0.1) is 5.92 Å². The van der Waals surface area contributed by atoms with Gasteiger partial charge in [-0.3, -0.25) is 4.79 Å². The third-order valence-electron chi connectivity index (χ3n) is 3.43. The van der Waals surface area contributed by atoms with Crippen LogP contribution in [0.4, 0.5) is 0 Å². The van der Waals surface area contributed by atoms with Crippen molar-refractivity contribution >= 4 is 5.91 Å². The van der Waals surface area contributed by atoms with Gasteiger partial charge in [0.1, 0.15) is 0 Å². The molecule has 0 bridgehead atoms. The predicted octanol–water partition coefficient (Wildman–Crippen LogP) is 2.07. The fraction of sp³-hybridized carbons (Fsp3) is 0.923. The van der Waals surface area contributed by atoms with E-state index in [2.05, 4.69) is 24.5 Å². The summed E-state index contributed by atoms with van der Waals surface area (Å²) in [6.45, 7) is 6.22. The Hall–Kier alpha value is -0.570. The lowest BCUT2D eigenvalue weighted by molar-refractivity contribution is -0.126. The molecule has 0 spiro atoms. The summed E-state index contributed by atoms with van der Waals surface area (Å²) in [4.78, 5) is 11.9. The van der Waals surface area contributed by atoms with Crippen molar-refractivity contribution < 1.29 is 4.79 Å². The van der Waals surface area contributed by atoms with E-state index in [1.165, 1.54) is 19.3 Å². The summed E-state index contributed by atoms with van der Waals surface area (Å²) >= 11 is 0. The molecule has 2 unspecified atom stereocenters. The quantitative estimate of drug-likeness (QED) is 0.681. The maximum atomic E-state index is 11.9. The first-order valence-corrected chi connectivity index (χ1v) is 6.76. The summed E-state index contributed by atoms with van der Waals surface area (Å²) in [6, 6.07) is 0.337. The molecule has 1 amide bonds. The third kappa shape index (κ3) is 4.52. The number of nitrogens with one attached hydrogen (secondary N) is 2. The minimum absolute atomic E-state index is 0.180. The summed E-state index contributed by atoms with van der Waals surface area (Å²) in [5.74, 6) is 0.427. The molecule has 16 heavy (non-hydrogen) atoms. The Bertz CT molecular complexity index is 206. The monoisotopic (exact) mass is 226 g/mol. The van der Waals surface area contributed by atoms with Crippen LogP contribution in [-0.2, 0) is 4.79 Å². The first-order chi connectivity index (χ1) is 7.75. The van der Waals surface area contributed by atoms with E-state index in [1.807, 2.05) is 0 Å². The first-order valence-electron chi connectivity index (χ1n) is 6.76. The average molecular weight is 226 g/mol. The van der Waals surface area contributed by atoms with Gasteiger partial charge in [0.05, 0.1) is 5.92 Å². The second kappa shape index (κ2) is 7.66. The van der Waals surface area contributed by atoms with E-state index in [0.717, 1.165) is 32.4 Å². The highest BCUT2D eigenvalue weighted by Crippen LogP contribution is 2.16. The molecule has 1 fully saturated rings. The lowest BCUT2D eigenvalue weighted by atomic mass is 9.91. The molecule has 1 aliphatic rings. The highest BCUT2D eigenvalue weighted by molar-refractivity contribution is 5.79. The van der Waals surface area contributed by atoms with Gasteiger partial charge in [-0.25, -0.2) is 0 Å². The Balaban J connectivity index is 2.13. The molecule has 0 aromatic carbocycles. The normalized spacial score (nSPS) is 25.4. The number of carbonyl (C=O) groups excluding carboxylic acids is 1. The van der Waals surface area contributed by atoms with Gasteiger partial charge in [-0.15, -0.1) is 0 Å². The van der Waals surface area contributed by atoms with Crippen LogP contribution in [0.5, 0.6) is 0 Å². The number of piperidine rings is 1. The van der Waals surface area contributed by atoms with Crippen LogP contribution in [0.3, 0.4) is 0 Å². The SMILES string of the molecule is CCCCCCNC(=O)C1CCCNC1C. The molecule has 1 aliphatic heterocycles. The topological polar surface area (TPSA) is 41.1 Å². The largest absolute Gasteiger partial charge is 0.356 e. The zero-order valence-electron chi connectivity index (χ0n) is 10.7. The van der Waals surface area contributed by atoms with Crippen LogP contribution in [0.2, 0.25) is 0 Å². The molecule has 1 saturated heterocycles. The minimum Gasteiger partial charge on any atom is -0.356 e. The van der Waals surface area contributed by atoms with Crippen LogP contribution < -0.4 is 10.6 Å². The summed E-state index contributed by atoms with van der Waals surface area (Å²) < 4.78 is 0. The van der Waals surface area contributed by atoms with E-state index in [4.69, 9.17) is 0 Å². The fourth-order valence-corrected chi connectivity index (χ4v) is 2.30. The van der Waals surface area contributed by atoms with Gasteiger partial charge in [-0.1, -0.05) is 26.2 Å². The standard InChI is InChI=1S/C13H26N2O/c1-3-4-5-6-9-15-13(16)12-8-7-10-14-11(12)2/h11-12,14H,3-10H2,1-2H3,(H,15,16). The highest BCUT2D eigenvalue weighted by Gasteiger charge is 2.26. The number of hydrogen-bond donors (Lipinski definition) is 2. The van der Waals surface area contributed by atoms with E-state index < -0.39 is 0 Å². The van der Waals surface area contributed by atoms with Crippen molar-refractivity contribution in [1.82, 2.24) is 10.6 Å². The maximum absolute atomic E-state index is 11.9. The van der Waals surface area contributed by atoms with E-state index in [-0.39, 0.29) is 11.8 Å². The van der Waals surface area contributed by atoms with E-state index in [0.29, 0.717) is 6.04 Å². The number of hydrogen-bond acceptors (Lipinski definition) is 2. The van der Waals surface area contributed by atoms with Crippen molar-refractivity contribution in [3.05, 3.63) is 0 Å². The Kier molecular flexibility index (Phi) is 6.46. The second-order valence-electron chi connectivity index (χ2n) is 4.84. The van der Waals surface area contributed by atoms with E-state index in [1.54, 1.807) is 0 Å². The van der Waals surface area contributed by atoms with Gasteiger partial charge < -0.3 is 10.6 Å². The van der Waals surface area contributed by atoms with Crippen molar-refractivity contribution in [2.75, 3.05) is 13.1 Å². The predicted molar refractivity (Wildman–Crippen MR) is 67.3 cm³/mol. The zero-order chi connectivity index (χ0) is 11.8. The molecule has 0 radical (unpaired) electrons. The summed E-state index contributed by atoms with van der Waals surface area (Å²) in [5.41, 5.74) is 0. The van der Waals surface area contributed by atoms with Gasteiger partial charge in [0.25, 0.3) is 0 Å². The summed E-state index contributed by atoms with van der Waals surface area (Å²) in [5, 5.41) is 6.43. The van der Waals surface area contributed by atoms with Gasteiger partial charge in [-0.2, -0.15) is 0 Å². The molecule has 3 heteroatoms. The molecule has 0 aliphatic carbocycles. The fourth-order valence-electron chi connectivity index (χ4n) is 2.30. The number of carbonyl (C=O) groups is 1. The Labute approximate surface area is 99.4 Å². The molecule has 0 aromatic rings. The smallest absolute Gasteiger partial charge is 0.224 e. The number of amides is 1. The minimum atomic E-state index is 0.180. The second-order valence-corrected chi connectivity index (χ2v) is 4.84. The van der Waals surface area contributed by atoms with Crippen LogP contribution in [0.1, 0.15) is 52.4 Å². The molecule has 2 atom stereocenters. The van der Waals surface area contributed by atoms with Gasteiger partial charge in [0.2, 0.25) is 5.91 Å². The van der Waals surface area contributed by atoms with Gasteiger partial charge in [0, 0.05) is 12.6 Å². The van der Waals surface area contributed by atoms with Crippen molar-refractivity contribution in [2.45, 2.75) is 58.4 Å². The lowest BCUT2D eigenvalue weighted by Gasteiger charge is -2.28. The first kappa shape index (κ1) is 13.5. The van der Waals surface area contributed by atoms with Crippen LogP contribution in [0.25, 0.3) is 0 Å². The van der Waals surface area contributed by atoms with Crippen LogP contribution in [-0.4, -0.2) is 25.0 Å². The Morgan fingerprint density at radius 2 is 2.19 bits per heavy atom. The lowest BCUT2D eigenvalue weighted by Crippen LogP contribution is -2.46. The van der Waals surface area contributed by atoms with Gasteiger partial charge in [-0.05, 0) is 32.7 Å². The third-order valence-corrected chi connectivity index (χ3v) is 3.43. The van der Waals surface area contributed by atoms with Crippen molar-refractivity contribution in [1.29, 1.82) is 0 Å². The molecular weight excluding hydrogens is 200 g/mol. The molecule has 94 valence electrons. The molecule has 0 saturated carbocycles. The highest BCUT2D eigenvalue weighted by atomic mass is 16.1. The molecule has 1 heterocycles. The number of rotatable bonds is 6. The van der Waals surface area contributed by atoms with E-state index >= 15 is 0 Å². The van der Waals surface area contributed by atoms with Crippen molar-refractivity contribution in [3.8, 4) is 0 Å². The van der Waals surface area contributed by atoms with Crippen LogP contribution in [0.15, 0.2) is 0 Å². The summed E-state index contributed by atoms with van der Waals surface area (Å²) in [6.07, 6.45) is 7.03. The maximum Gasteiger partial charge on any atom is 0.224 e. The molecular formula is C13H26N2O. The van der Waals surface area contributed by atoms with Crippen LogP contribution >= 0.6 is 0 Å². The van der Waals surface area contributed by atoms with Gasteiger partial charge >= 0.3 is 0 Å². The Morgan fingerprint density at radius 3 is 2.88 bits per heavy atom. The molecule has 3 nitrogen and oxygen atoms in total. The van der Waals surface area contributed by atoms with Crippen molar-refractivity contribution in [2.24, 2.45) is 5.92 Å². The van der Waals surface area contributed by atoms with Gasteiger partial charge in [0.15, 0.2) is 0 Å².